The second kappa shape index (κ2) is 4.74. The minimum absolute atomic E-state index is 0.105. The maximum atomic E-state index is 11.5. The standard InChI is InChI=1S/C11H13N5O2/c1-13-11(17)9-10(12)16(15-14-9)7-3-5-8(18-2)6-4-7/h3-6H,12H2,1-2H3,(H,13,17). The monoisotopic (exact) mass is 247 g/mol. The molecule has 0 aliphatic heterocycles. The molecule has 0 unspecified atom stereocenters. The highest BCUT2D eigenvalue weighted by Crippen LogP contribution is 2.18. The largest absolute Gasteiger partial charge is 0.497 e. The number of nitrogens with two attached hydrogens (primary N) is 1. The number of benzene rings is 1. The van der Waals surface area contributed by atoms with Crippen molar-refractivity contribution in [3.8, 4) is 11.4 Å². The number of ether oxygens (including phenoxy) is 1. The molecule has 0 radical (unpaired) electrons. The lowest BCUT2D eigenvalue weighted by Crippen LogP contribution is -2.19. The van der Waals surface area contributed by atoms with Crippen LogP contribution in [0.4, 0.5) is 5.82 Å². The highest BCUT2D eigenvalue weighted by molar-refractivity contribution is 5.96. The highest BCUT2D eigenvalue weighted by Gasteiger charge is 2.16. The van der Waals surface area contributed by atoms with Gasteiger partial charge in [0.1, 0.15) is 5.75 Å². The molecule has 7 nitrogen and oxygen atoms in total. The third-order valence-electron chi connectivity index (χ3n) is 2.46. The smallest absolute Gasteiger partial charge is 0.275 e. The van der Waals surface area contributed by atoms with Crippen molar-refractivity contribution in [2.24, 2.45) is 0 Å². The van der Waals surface area contributed by atoms with Crippen LogP contribution in [-0.2, 0) is 0 Å². The molecule has 94 valence electrons. The zero-order valence-corrected chi connectivity index (χ0v) is 10.0. The molecule has 1 aromatic heterocycles. The van der Waals surface area contributed by atoms with Gasteiger partial charge in [0.25, 0.3) is 5.91 Å². The third kappa shape index (κ3) is 1.97. The average molecular weight is 247 g/mol. The third-order valence-corrected chi connectivity index (χ3v) is 2.46. The Morgan fingerprint density at radius 3 is 2.61 bits per heavy atom. The van der Waals surface area contributed by atoms with E-state index in [1.165, 1.54) is 11.7 Å². The Kier molecular flexibility index (Phi) is 3.13. The molecule has 2 aromatic rings. The zero-order chi connectivity index (χ0) is 13.1. The van der Waals surface area contributed by atoms with Crippen LogP contribution in [0.15, 0.2) is 24.3 Å². The number of rotatable bonds is 3. The minimum Gasteiger partial charge on any atom is -0.497 e. The van der Waals surface area contributed by atoms with Gasteiger partial charge in [-0.25, -0.2) is 0 Å². The summed E-state index contributed by atoms with van der Waals surface area (Å²) in [4.78, 5) is 11.5. The van der Waals surface area contributed by atoms with E-state index in [1.54, 1.807) is 31.4 Å². The van der Waals surface area contributed by atoms with Crippen molar-refractivity contribution >= 4 is 11.7 Å². The van der Waals surface area contributed by atoms with Gasteiger partial charge in [0.2, 0.25) is 0 Å². The summed E-state index contributed by atoms with van der Waals surface area (Å²) in [5, 5.41) is 10.1. The molecule has 0 bridgehead atoms. The maximum Gasteiger partial charge on any atom is 0.275 e. The summed E-state index contributed by atoms with van der Waals surface area (Å²) in [5.41, 5.74) is 6.64. The number of hydrogen-bond acceptors (Lipinski definition) is 5. The first-order chi connectivity index (χ1) is 8.67. The lowest BCUT2D eigenvalue weighted by molar-refractivity contribution is 0.0959. The van der Waals surface area contributed by atoms with E-state index >= 15 is 0 Å². The average Bonchev–Trinajstić information content (AvgIpc) is 2.80. The number of aromatic nitrogens is 3. The van der Waals surface area contributed by atoms with E-state index in [2.05, 4.69) is 15.6 Å². The summed E-state index contributed by atoms with van der Waals surface area (Å²) in [7, 11) is 3.09. The molecular formula is C11H13N5O2. The Balaban J connectivity index is 2.39. The molecule has 0 aliphatic carbocycles. The van der Waals surface area contributed by atoms with Gasteiger partial charge in [0, 0.05) is 7.05 Å². The van der Waals surface area contributed by atoms with Crippen LogP contribution in [0.2, 0.25) is 0 Å². The molecule has 1 heterocycles. The van der Waals surface area contributed by atoms with E-state index in [9.17, 15) is 4.79 Å². The number of anilines is 1. The quantitative estimate of drug-likeness (QED) is 0.808. The van der Waals surface area contributed by atoms with Crippen LogP contribution in [0.5, 0.6) is 5.75 Å². The number of nitrogens with one attached hydrogen (secondary N) is 1. The van der Waals surface area contributed by atoms with Crippen molar-refractivity contribution in [1.82, 2.24) is 20.3 Å². The van der Waals surface area contributed by atoms with Crippen molar-refractivity contribution in [2.75, 3.05) is 19.9 Å². The minimum atomic E-state index is -0.368. The van der Waals surface area contributed by atoms with Crippen molar-refractivity contribution in [1.29, 1.82) is 0 Å². The van der Waals surface area contributed by atoms with E-state index in [0.29, 0.717) is 5.69 Å². The molecule has 7 heteroatoms. The Hall–Kier alpha value is -2.57. The fraction of sp³-hybridized carbons (Fsp3) is 0.182. The summed E-state index contributed by atoms with van der Waals surface area (Å²) in [6.45, 7) is 0. The molecule has 1 amide bonds. The molecule has 3 N–H and O–H groups in total. The number of carbonyl (C=O) groups excluding carboxylic acids is 1. The molecule has 2 rings (SSSR count). The molecule has 18 heavy (non-hydrogen) atoms. The number of nitrogens with zero attached hydrogens (tertiary/aromatic N) is 3. The SMILES string of the molecule is CNC(=O)c1nnn(-c2ccc(OC)cc2)c1N. The van der Waals surface area contributed by atoms with Gasteiger partial charge < -0.3 is 15.8 Å². The molecule has 0 saturated heterocycles. The lowest BCUT2D eigenvalue weighted by Gasteiger charge is -2.04. The second-order valence-electron chi connectivity index (χ2n) is 3.51. The predicted molar refractivity (Wildman–Crippen MR) is 65.7 cm³/mol. The van der Waals surface area contributed by atoms with Crippen molar-refractivity contribution < 1.29 is 9.53 Å². The van der Waals surface area contributed by atoms with Crippen LogP contribution < -0.4 is 15.8 Å². The van der Waals surface area contributed by atoms with E-state index in [-0.39, 0.29) is 17.4 Å². The summed E-state index contributed by atoms with van der Waals surface area (Å²) in [5.74, 6) is 0.552. The van der Waals surface area contributed by atoms with Gasteiger partial charge in [-0.1, -0.05) is 5.21 Å². The molecular weight excluding hydrogens is 234 g/mol. The molecule has 1 aromatic carbocycles. The van der Waals surface area contributed by atoms with E-state index in [0.717, 1.165) is 5.75 Å². The van der Waals surface area contributed by atoms with Gasteiger partial charge in [-0.15, -0.1) is 5.10 Å². The Morgan fingerprint density at radius 1 is 1.39 bits per heavy atom. The highest BCUT2D eigenvalue weighted by atomic mass is 16.5. The summed E-state index contributed by atoms with van der Waals surface area (Å²) >= 11 is 0. The van der Waals surface area contributed by atoms with Crippen LogP contribution in [0, 0.1) is 0 Å². The fourth-order valence-corrected chi connectivity index (χ4v) is 1.48. The normalized spacial score (nSPS) is 10.1. The maximum absolute atomic E-state index is 11.5. The number of hydrogen-bond donors (Lipinski definition) is 2. The molecule has 0 spiro atoms. The second-order valence-corrected chi connectivity index (χ2v) is 3.51. The molecule has 0 saturated carbocycles. The summed E-state index contributed by atoms with van der Waals surface area (Å²) < 4.78 is 6.45. The van der Waals surface area contributed by atoms with E-state index in [1.807, 2.05) is 0 Å². The van der Waals surface area contributed by atoms with Crippen LogP contribution >= 0.6 is 0 Å². The lowest BCUT2D eigenvalue weighted by atomic mass is 10.3. The predicted octanol–water partition coefficient (Wildman–Crippen LogP) is 0.218. The Labute approximate surface area is 104 Å². The van der Waals surface area contributed by atoms with Crippen molar-refractivity contribution in [3.05, 3.63) is 30.0 Å². The van der Waals surface area contributed by atoms with Crippen LogP contribution in [0.1, 0.15) is 10.5 Å². The topological polar surface area (TPSA) is 95.1 Å². The van der Waals surface area contributed by atoms with Gasteiger partial charge in [-0.05, 0) is 24.3 Å². The van der Waals surface area contributed by atoms with Crippen LogP contribution in [0.25, 0.3) is 5.69 Å². The van der Waals surface area contributed by atoms with Gasteiger partial charge in [-0.2, -0.15) is 4.68 Å². The number of methoxy groups -OCH3 is 1. The molecule has 0 aliphatic rings. The zero-order valence-electron chi connectivity index (χ0n) is 10.0. The number of nitrogen functional groups attached to an aromatic ring is 1. The number of carbonyl (C=O) groups is 1. The fourth-order valence-electron chi connectivity index (χ4n) is 1.48. The summed E-state index contributed by atoms with van der Waals surface area (Å²) in [6, 6.07) is 7.10. The van der Waals surface area contributed by atoms with Gasteiger partial charge in [0.05, 0.1) is 12.8 Å². The number of amides is 1. The van der Waals surface area contributed by atoms with Crippen molar-refractivity contribution in [2.45, 2.75) is 0 Å². The van der Waals surface area contributed by atoms with Gasteiger partial charge in [0.15, 0.2) is 11.5 Å². The summed E-state index contributed by atoms with van der Waals surface area (Å²) in [6.07, 6.45) is 0. The van der Waals surface area contributed by atoms with E-state index in [4.69, 9.17) is 10.5 Å². The van der Waals surface area contributed by atoms with Gasteiger partial charge >= 0.3 is 0 Å². The van der Waals surface area contributed by atoms with E-state index < -0.39 is 0 Å². The first-order valence-electron chi connectivity index (χ1n) is 5.25. The van der Waals surface area contributed by atoms with Crippen molar-refractivity contribution in [3.63, 3.8) is 0 Å². The first-order valence-corrected chi connectivity index (χ1v) is 5.25. The molecule has 0 fully saturated rings. The van der Waals surface area contributed by atoms with Gasteiger partial charge in [-0.3, -0.25) is 4.79 Å². The Morgan fingerprint density at radius 2 is 2.06 bits per heavy atom. The van der Waals surface area contributed by atoms with Crippen LogP contribution in [0.3, 0.4) is 0 Å². The Bertz CT molecular complexity index is 561. The molecule has 0 atom stereocenters. The first kappa shape index (κ1) is 11.9. The van der Waals surface area contributed by atoms with Crippen LogP contribution in [-0.4, -0.2) is 35.1 Å².